The van der Waals surface area contributed by atoms with E-state index in [1.807, 2.05) is 74.5 Å². The maximum Gasteiger partial charge on any atom is 0.294 e. The Labute approximate surface area is 201 Å². The minimum Gasteiger partial charge on any atom is -0.325 e. The largest absolute Gasteiger partial charge is 0.325 e. The topological polar surface area (TPSA) is 66.5 Å². The van der Waals surface area contributed by atoms with Gasteiger partial charge in [0.05, 0.1) is 4.91 Å². The molecule has 6 heteroatoms. The van der Waals surface area contributed by atoms with Crippen LogP contribution >= 0.6 is 11.8 Å². The first-order valence-electron chi connectivity index (χ1n) is 10.9. The number of benzene rings is 4. The third-order valence-electron chi connectivity index (χ3n) is 6.05. The van der Waals surface area contributed by atoms with Crippen molar-refractivity contribution < 1.29 is 14.4 Å². The summed E-state index contributed by atoms with van der Waals surface area (Å²) in [6.07, 6.45) is 1.77. The highest BCUT2D eigenvalue weighted by atomic mass is 32.2. The molecule has 5 nitrogen and oxygen atoms in total. The zero-order chi connectivity index (χ0) is 23.8. The van der Waals surface area contributed by atoms with Crippen LogP contribution in [0.5, 0.6) is 0 Å². The lowest BCUT2D eigenvalue weighted by atomic mass is 9.96. The fourth-order valence-corrected chi connectivity index (χ4v) is 4.96. The molecule has 5 rings (SSSR count). The molecule has 168 valence electrons. The molecule has 0 radical (unpaired) electrons. The monoisotopic (exact) mass is 466 g/mol. The Morgan fingerprint density at radius 2 is 1.53 bits per heavy atom. The lowest BCUT2D eigenvalue weighted by Crippen LogP contribution is -2.36. The summed E-state index contributed by atoms with van der Waals surface area (Å²) in [5, 5.41) is 6.44. The van der Waals surface area contributed by atoms with E-state index in [4.69, 9.17) is 0 Å². The van der Waals surface area contributed by atoms with Gasteiger partial charge in [0.25, 0.3) is 11.1 Å². The summed E-state index contributed by atoms with van der Waals surface area (Å²) in [5.74, 6) is -0.871. The SMILES string of the molecule is Cc1ccc(NC(=O)CN2C(=O)S/C(=C/c3c4ccccc4cc4ccccc34)C2=O)cc1C. The Hall–Kier alpha value is -3.90. The van der Waals surface area contributed by atoms with Crippen LogP contribution in [0.3, 0.4) is 0 Å². The van der Waals surface area contributed by atoms with Gasteiger partial charge in [0, 0.05) is 5.69 Å². The summed E-state index contributed by atoms with van der Waals surface area (Å²) < 4.78 is 0. The number of anilines is 1. The van der Waals surface area contributed by atoms with Gasteiger partial charge in [-0.2, -0.15) is 0 Å². The average Bonchev–Trinajstić information content (AvgIpc) is 3.08. The maximum atomic E-state index is 13.1. The zero-order valence-electron chi connectivity index (χ0n) is 18.8. The van der Waals surface area contributed by atoms with E-state index in [0.717, 1.165) is 54.9 Å². The van der Waals surface area contributed by atoms with Gasteiger partial charge < -0.3 is 5.32 Å². The lowest BCUT2D eigenvalue weighted by Gasteiger charge is -2.13. The highest BCUT2D eigenvalue weighted by Gasteiger charge is 2.36. The molecule has 1 N–H and O–H groups in total. The second-order valence-corrected chi connectivity index (χ2v) is 9.34. The summed E-state index contributed by atoms with van der Waals surface area (Å²) in [5.41, 5.74) is 3.70. The summed E-state index contributed by atoms with van der Waals surface area (Å²) >= 11 is 0.865. The maximum absolute atomic E-state index is 13.1. The van der Waals surface area contributed by atoms with Crippen molar-refractivity contribution in [1.82, 2.24) is 4.90 Å². The molecule has 1 heterocycles. The summed E-state index contributed by atoms with van der Waals surface area (Å²) in [6, 6.07) is 23.6. The van der Waals surface area contributed by atoms with E-state index < -0.39 is 17.1 Å². The molecule has 0 bridgehead atoms. The number of fused-ring (bicyclic) bond motifs is 2. The molecule has 4 aromatic carbocycles. The molecule has 1 aliphatic heterocycles. The minimum absolute atomic E-state index is 0.311. The Balaban J connectivity index is 1.44. The van der Waals surface area contributed by atoms with Crippen LogP contribution in [0.15, 0.2) is 77.7 Å². The first-order chi connectivity index (χ1) is 16.4. The van der Waals surface area contributed by atoms with Crippen molar-refractivity contribution in [3.8, 4) is 0 Å². The van der Waals surface area contributed by atoms with E-state index in [1.54, 1.807) is 12.1 Å². The molecule has 4 aromatic rings. The normalized spacial score (nSPS) is 15.0. The molecule has 1 fully saturated rings. The molecule has 0 aliphatic carbocycles. The summed E-state index contributed by atoms with van der Waals surface area (Å²) in [7, 11) is 0. The molecule has 3 amide bonds. The van der Waals surface area contributed by atoms with Gasteiger partial charge in [-0.15, -0.1) is 0 Å². The van der Waals surface area contributed by atoms with Crippen molar-refractivity contribution >= 4 is 62.1 Å². The highest BCUT2D eigenvalue weighted by molar-refractivity contribution is 8.18. The Morgan fingerprint density at radius 1 is 0.882 bits per heavy atom. The molecule has 0 aromatic heterocycles. The predicted molar refractivity (Wildman–Crippen MR) is 139 cm³/mol. The van der Waals surface area contributed by atoms with Gasteiger partial charge in [-0.05, 0) is 88.1 Å². The van der Waals surface area contributed by atoms with Crippen LogP contribution in [0, 0.1) is 13.8 Å². The van der Waals surface area contributed by atoms with E-state index in [2.05, 4.69) is 11.4 Å². The smallest absolute Gasteiger partial charge is 0.294 e. The molecule has 0 spiro atoms. The zero-order valence-corrected chi connectivity index (χ0v) is 19.6. The first kappa shape index (κ1) is 21.9. The van der Waals surface area contributed by atoms with Crippen LogP contribution in [-0.4, -0.2) is 28.5 Å². The molecule has 1 saturated heterocycles. The predicted octanol–water partition coefficient (Wildman–Crippen LogP) is 6.28. The number of carbonyl (C=O) groups excluding carboxylic acids is 3. The number of rotatable bonds is 4. The van der Waals surface area contributed by atoms with Gasteiger partial charge in [-0.1, -0.05) is 54.6 Å². The van der Waals surface area contributed by atoms with Crippen LogP contribution in [0.4, 0.5) is 10.5 Å². The van der Waals surface area contributed by atoms with Gasteiger partial charge in [0.1, 0.15) is 6.54 Å². The number of hydrogen-bond acceptors (Lipinski definition) is 4. The van der Waals surface area contributed by atoms with E-state index in [0.29, 0.717) is 10.6 Å². The average molecular weight is 467 g/mol. The Morgan fingerprint density at radius 3 is 2.18 bits per heavy atom. The Bertz CT molecular complexity index is 1470. The second kappa shape index (κ2) is 8.80. The quantitative estimate of drug-likeness (QED) is 0.284. The van der Waals surface area contributed by atoms with Crippen molar-refractivity contribution in [2.45, 2.75) is 13.8 Å². The van der Waals surface area contributed by atoms with Crippen LogP contribution < -0.4 is 5.32 Å². The molecule has 1 aliphatic rings. The minimum atomic E-state index is -0.456. The molecular weight excluding hydrogens is 444 g/mol. The molecular formula is C28H22N2O3S. The number of imide groups is 1. The van der Waals surface area contributed by atoms with E-state index in [1.165, 1.54) is 0 Å². The first-order valence-corrected chi connectivity index (χ1v) is 11.8. The standard InChI is InChI=1S/C28H22N2O3S/c1-17-11-12-21(13-18(17)2)29-26(31)16-30-27(32)25(34-28(30)33)15-24-22-9-5-3-7-19(22)14-20-8-4-6-10-23(20)24/h3-15H,16H2,1-2H3,(H,29,31)/b25-15+. The fraction of sp³-hybridized carbons (Fsp3) is 0.107. The number of nitrogens with zero attached hydrogens (tertiary/aromatic N) is 1. The number of carbonyl (C=O) groups is 3. The van der Waals surface area contributed by atoms with Crippen molar-refractivity contribution in [2.24, 2.45) is 0 Å². The van der Waals surface area contributed by atoms with Crippen LogP contribution in [-0.2, 0) is 9.59 Å². The van der Waals surface area contributed by atoms with Gasteiger partial charge in [-0.3, -0.25) is 19.3 Å². The van der Waals surface area contributed by atoms with Crippen molar-refractivity contribution in [2.75, 3.05) is 11.9 Å². The van der Waals surface area contributed by atoms with E-state index >= 15 is 0 Å². The third-order valence-corrected chi connectivity index (χ3v) is 6.96. The number of nitrogens with one attached hydrogen (secondary N) is 1. The van der Waals surface area contributed by atoms with E-state index in [-0.39, 0.29) is 6.54 Å². The third kappa shape index (κ3) is 4.08. The number of thioether (sulfide) groups is 1. The summed E-state index contributed by atoms with van der Waals surface area (Å²) in [4.78, 5) is 39.7. The van der Waals surface area contributed by atoms with Gasteiger partial charge >= 0.3 is 0 Å². The van der Waals surface area contributed by atoms with Crippen molar-refractivity contribution in [3.05, 3.63) is 94.4 Å². The highest BCUT2D eigenvalue weighted by Crippen LogP contribution is 2.36. The van der Waals surface area contributed by atoms with Crippen LogP contribution in [0.1, 0.15) is 16.7 Å². The summed E-state index contributed by atoms with van der Waals surface area (Å²) in [6.45, 7) is 3.63. The second-order valence-electron chi connectivity index (χ2n) is 8.35. The van der Waals surface area contributed by atoms with Gasteiger partial charge in [0.15, 0.2) is 0 Å². The van der Waals surface area contributed by atoms with Crippen LogP contribution in [0.25, 0.3) is 27.6 Å². The van der Waals surface area contributed by atoms with Crippen LogP contribution in [0.2, 0.25) is 0 Å². The number of amides is 3. The fourth-order valence-electron chi connectivity index (χ4n) is 4.14. The van der Waals surface area contributed by atoms with Gasteiger partial charge in [-0.25, -0.2) is 0 Å². The molecule has 34 heavy (non-hydrogen) atoms. The van der Waals surface area contributed by atoms with Crippen molar-refractivity contribution in [3.63, 3.8) is 0 Å². The van der Waals surface area contributed by atoms with Crippen molar-refractivity contribution in [1.29, 1.82) is 0 Å². The number of aryl methyl sites for hydroxylation is 2. The molecule has 0 unspecified atom stereocenters. The molecule has 0 atom stereocenters. The van der Waals surface area contributed by atoms with E-state index in [9.17, 15) is 14.4 Å². The lowest BCUT2D eigenvalue weighted by molar-refractivity contribution is -0.127. The molecule has 0 saturated carbocycles. The number of hydrogen-bond donors (Lipinski definition) is 1. The Kier molecular flexibility index (Phi) is 5.67. The van der Waals surface area contributed by atoms with Gasteiger partial charge in [0.2, 0.25) is 5.91 Å².